The maximum atomic E-state index is 12.8. The van der Waals surface area contributed by atoms with Crippen molar-refractivity contribution in [1.82, 2.24) is 10.6 Å². The minimum absolute atomic E-state index is 0.0568. The number of hydrogen-bond acceptors (Lipinski definition) is 5. The third-order valence-electron chi connectivity index (χ3n) is 4.97. The molecule has 2 aliphatic rings. The molecule has 0 radical (unpaired) electrons. The van der Waals surface area contributed by atoms with Crippen LogP contribution in [0.25, 0.3) is 0 Å². The van der Waals surface area contributed by atoms with Crippen LogP contribution in [0.1, 0.15) is 44.7 Å². The number of esters is 1. The van der Waals surface area contributed by atoms with Crippen molar-refractivity contribution in [2.75, 3.05) is 0 Å². The van der Waals surface area contributed by atoms with E-state index < -0.39 is 23.0 Å². The molecule has 0 aromatic heterocycles. The standard InChI is InChI=1S/C18H21N3O5/c1-10-4-3-5-14(10)26-17(22)15-11(2)19-18(23)20-16(15)12-6-8-13(9-7-12)21(24)25/h6-10,14,16H,3-5H2,1-2H3,(H2,19,20,23)/t10-,14-,16+/m0/s1. The third-order valence-corrected chi connectivity index (χ3v) is 4.97. The molecule has 8 heteroatoms. The average molecular weight is 359 g/mol. The number of urea groups is 1. The molecule has 8 nitrogen and oxygen atoms in total. The largest absolute Gasteiger partial charge is 0.459 e. The Hall–Kier alpha value is -2.90. The van der Waals surface area contributed by atoms with E-state index in [9.17, 15) is 19.7 Å². The quantitative estimate of drug-likeness (QED) is 0.488. The maximum Gasteiger partial charge on any atom is 0.338 e. The summed E-state index contributed by atoms with van der Waals surface area (Å²) < 4.78 is 5.69. The van der Waals surface area contributed by atoms with E-state index in [2.05, 4.69) is 17.6 Å². The molecule has 0 spiro atoms. The molecule has 1 aromatic carbocycles. The van der Waals surface area contributed by atoms with E-state index in [0.29, 0.717) is 22.8 Å². The van der Waals surface area contributed by atoms with Crippen LogP contribution >= 0.6 is 0 Å². The Morgan fingerprint density at radius 3 is 2.54 bits per heavy atom. The van der Waals surface area contributed by atoms with Gasteiger partial charge in [0.1, 0.15) is 6.10 Å². The summed E-state index contributed by atoms with van der Waals surface area (Å²) in [5, 5.41) is 16.1. The summed E-state index contributed by atoms with van der Waals surface area (Å²) in [4.78, 5) is 35.0. The highest BCUT2D eigenvalue weighted by atomic mass is 16.6. The Kier molecular flexibility index (Phi) is 4.92. The molecule has 26 heavy (non-hydrogen) atoms. The number of ether oxygens (including phenoxy) is 1. The van der Waals surface area contributed by atoms with Crippen LogP contribution in [0.15, 0.2) is 35.5 Å². The highest BCUT2D eigenvalue weighted by Gasteiger charge is 2.35. The lowest BCUT2D eigenvalue weighted by atomic mass is 9.95. The molecule has 2 amide bonds. The van der Waals surface area contributed by atoms with Gasteiger partial charge in [-0.05, 0) is 49.8 Å². The second-order valence-electron chi connectivity index (χ2n) is 6.77. The molecule has 3 rings (SSSR count). The van der Waals surface area contributed by atoms with E-state index in [4.69, 9.17) is 4.74 Å². The lowest BCUT2D eigenvalue weighted by Crippen LogP contribution is -2.45. The van der Waals surface area contributed by atoms with Gasteiger partial charge in [0.15, 0.2) is 0 Å². The van der Waals surface area contributed by atoms with Crippen molar-refractivity contribution < 1.29 is 19.2 Å². The first kappa shape index (κ1) is 17.9. The fraction of sp³-hybridized carbons (Fsp3) is 0.444. The van der Waals surface area contributed by atoms with Gasteiger partial charge < -0.3 is 15.4 Å². The van der Waals surface area contributed by atoms with Crippen LogP contribution in [0, 0.1) is 16.0 Å². The fourth-order valence-corrected chi connectivity index (χ4v) is 3.49. The van der Waals surface area contributed by atoms with Crippen molar-refractivity contribution in [3.63, 3.8) is 0 Å². The molecule has 3 atom stereocenters. The Morgan fingerprint density at radius 2 is 1.96 bits per heavy atom. The van der Waals surface area contributed by atoms with Gasteiger partial charge in [-0.1, -0.05) is 6.92 Å². The highest BCUT2D eigenvalue weighted by Crippen LogP contribution is 2.32. The van der Waals surface area contributed by atoms with E-state index in [1.54, 1.807) is 6.92 Å². The molecular formula is C18H21N3O5. The topological polar surface area (TPSA) is 111 Å². The van der Waals surface area contributed by atoms with Gasteiger partial charge in [0.2, 0.25) is 0 Å². The summed E-state index contributed by atoms with van der Waals surface area (Å²) in [5.41, 5.74) is 1.26. The van der Waals surface area contributed by atoms with Crippen LogP contribution < -0.4 is 10.6 Å². The Bertz CT molecular complexity index is 772. The van der Waals surface area contributed by atoms with Crippen LogP contribution in [-0.2, 0) is 9.53 Å². The number of carbonyl (C=O) groups is 2. The van der Waals surface area contributed by atoms with Crippen molar-refractivity contribution >= 4 is 17.7 Å². The fourth-order valence-electron chi connectivity index (χ4n) is 3.49. The SMILES string of the molecule is CC1=C(C(=O)O[C@H]2CCC[C@@H]2C)[C@@H](c2ccc([N+](=O)[O-])cc2)NC(=O)N1. The minimum Gasteiger partial charge on any atom is -0.459 e. The number of rotatable bonds is 4. The predicted molar refractivity (Wildman–Crippen MR) is 93.1 cm³/mol. The second kappa shape index (κ2) is 7.15. The van der Waals surface area contributed by atoms with Gasteiger partial charge in [-0.2, -0.15) is 0 Å². The number of hydrogen-bond donors (Lipinski definition) is 2. The predicted octanol–water partition coefficient (Wildman–Crippen LogP) is 2.95. The zero-order valence-corrected chi connectivity index (χ0v) is 14.7. The van der Waals surface area contributed by atoms with Crippen LogP contribution in [0.4, 0.5) is 10.5 Å². The van der Waals surface area contributed by atoms with Crippen molar-refractivity contribution in [3.05, 3.63) is 51.2 Å². The van der Waals surface area contributed by atoms with Crippen molar-refractivity contribution in [1.29, 1.82) is 0 Å². The Morgan fingerprint density at radius 1 is 1.27 bits per heavy atom. The molecule has 1 aliphatic carbocycles. The molecule has 0 bridgehead atoms. The number of nitro benzene ring substituents is 1. The van der Waals surface area contributed by atoms with Gasteiger partial charge in [0.25, 0.3) is 5.69 Å². The van der Waals surface area contributed by atoms with Gasteiger partial charge in [-0.25, -0.2) is 9.59 Å². The van der Waals surface area contributed by atoms with Crippen molar-refractivity contribution in [2.45, 2.75) is 45.3 Å². The molecule has 1 aliphatic heterocycles. The van der Waals surface area contributed by atoms with Gasteiger partial charge in [-0.3, -0.25) is 10.1 Å². The normalized spacial score (nSPS) is 25.5. The van der Waals surface area contributed by atoms with Crippen molar-refractivity contribution in [3.8, 4) is 0 Å². The molecule has 138 valence electrons. The molecule has 0 unspecified atom stereocenters. The lowest BCUT2D eigenvalue weighted by Gasteiger charge is -2.29. The summed E-state index contributed by atoms with van der Waals surface area (Å²) in [6.45, 7) is 3.70. The number of non-ortho nitro benzene ring substituents is 1. The maximum absolute atomic E-state index is 12.8. The van der Waals surface area contributed by atoms with Gasteiger partial charge >= 0.3 is 12.0 Å². The summed E-state index contributed by atoms with van der Waals surface area (Å²) in [5.74, 6) is -0.166. The molecule has 0 saturated heterocycles. The number of benzene rings is 1. The molecular weight excluding hydrogens is 338 g/mol. The van der Waals surface area contributed by atoms with E-state index in [1.165, 1.54) is 24.3 Å². The summed E-state index contributed by atoms with van der Waals surface area (Å²) in [7, 11) is 0. The number of nitro groups is 1. The summed E-state index contributed by atoms with van der Waals surface area (Å²) in [6.07, 6.45) is 2.76. The Balaban J connectivity index is 1.88. The number of nitrogens with zero attached hydrogens (tertiary/aromatic N) is 1. The van der Waals surface area contributed by atoms with Gasteiger partial charge in [-0.15, -0.1) is 0 Å². The average Bonchev–Trinajstić information content (AvgIpc) is 2.99. The van der Waals surface area contributed by atoms with Crippen molar-refractivity contribution in [2.24, 2.45) is 5.92 Å². The van der Waals surface area contributed by atoms with Crippen LogP contribution in [0.5, 0.6) is 0 Å². The minimum atomic E-state index is -0.714. The number of carbonyl (C=O) groups excluding carboxylic acids is 2. The monoisotopic (exact) mass is 359 g/mol. The first-order valence-corrected chi connectivity index (χ1v) is 8.60. The molecule has 2 N–H and O–H groups in total. The Labute approximate surface area is 150 Å². The van der Waals surface area contributed by atoms with E-state index in [-0.39, 0.29) is 11.8 Å². The lowest BCUT2D eigenvalue weighted by molar-refractivity contribution is -0.384. The number of amides is 2. The summed E-state index contributed by atoms with van der Waals surface area (Å²) in [6, 6.07) is 4.62. The molecule has 1 heterocycles. The second-order valence-corrected chi connectivity index (χ2v) is 6.77. The smallest absolute Gasteiger partial charge is 0.338 e. The van der Waals surface area contributed by atoms with E-state index in [1.807, 2.05) is 0 Å². The van der Waals surface area contributed by atoms with Crippen LogP contribution in [0.3, 0.4) is 0 Å². The molecule has 1 aromatic rings. The van der Waals surface area contributed by atoms with Crippen LogP contribution in [-0.4, -0.2) is 23.0 Å². The third kappa shape index (κ3) is 3.54. The zero-order valence-electron chi connectivity index (χ0n) is 14.7. The molecule has 1 saturated carbocycles. The van der Waals surface area contributed by atoms with Crippen LogP contribution in [0.2, 0.25) is 0 Å². The zero-order chi connectivity index (χ0) is 18.8. The van der Waals surface area contributed by atoms with E-state index >= 15 is 0 Å². The number of nitrogens with one attached hydrogen (secondary N) is 2. The van der Waals surface area contributed by atoms with Gasteiger partial charge in [0, 0.05) is 17.8 Å². The first-order valence-electron chi connectivity index (χ1n) is 8.60. The molecule has 1 fully saturated rings. The number of allylic oxidation sites excluding steroid dienone is 1. The van der Waals surface area contributed by atoms with Gasteiger partial charge in [0.05, 0.1) is 16.5 Å². The highest BCUT2D eigenvalue weighted by molar-refractivity contribution is 5.95. The summed E-state index contributed by atoms with van der Waals surface area (Å²) >= 11 is 0. The van der Waals surface area contributed by atoms with E-state index in [0.717, 1.165) is 19.3 Å². The first-order chi connectivity index (χ1) is 12.4.